The van der Waals surface area contributed by atoms with E-state index in [9.17, 15) is 0 Å². The molecule has 0 radical (unpaired) electrons. The first kappa shape index (κ1) is 60.7. The topological polar surface area (TPSA) is 57.4 Å². The van der Waals surface area contributed by atoms with Crippen molar-refractivity contribution in [1.29, 1.82) is 0 Å². The minimum atomic E-state index is -4.62. The van der Waals surface area contributed by atoms with Gasteiger partial charge in [-0.15, -0.1) is 0 Å². The van der Waals surface area contributed by atoms with Gasteiger partial charge < -0.3 is 9.97 Å². The SMILES string of the molecule is FC(F)(F)c1c2c(c(-c3c4nc(c(-c5c6c(c(C(F)(F)F)c7c5[C@H]5CC[C@@H]7C5)[C@@H]5CC[C@H]6C5)c5ccc([nH]5)c(-c5c6c(c(C(F)(F)F)c7c5[C@H]5CC[C@@H]7C5)[C@@H]5CC[C@H]6C5)c5ccc([nH]5)c(-c5c6c(c(C(F)(F)F)c7c5[C@H]5CC[C@@H]7C5)[C@@H]5CC[C@H]6C5)c5nc3C=C5)C=C4)c3c1[C@@H]1CC[C@H]3C1)[C@H]1CC[C@@H]2C1. The molecule has 16 atom stereocenters. The van der Waals surface area contributed by atoms with Gasteiger partial charge in [0.1, 0.15) is 0 Å². The van der Waals surface area contributed by atoms with E-state index in [0.717, 1.165) is 118 Å². The summed E-state index contributed by atoms with van der Waals surface area (Å²) < 4.78 is 198. The smallest absolute Gasteiger partial charge is 0.354 e. The molecule has 18 aliphatic rings. The molecule has 4 nitrogen and oxygen atoms in total. The van der Waals surface area contributed by atoms with Crippen LogP contribution in [0.4, 0.5) is 52.7 Å². The molecule has 24 bridgehead atoms. The van der Waals surface area contributed by atoms with E-state index in [1.54, 1.807) is 0 Å². The van der Waals surface area contributed by atoms with Crippen LogP contribution in [-0.4, -0.2) is 19.9 Å². The zero-order valence-corrected chi connectivity index (χ0v) is 57.3. The number of rotatable bonds is 4. The molecule has 2 N–H and O–H groups in total. The van der Waals surface area contributed by atoms with Crippen LogP contribution in [0.5, 0.6) is 0 Å². The molecule has 104 heavy (non-hydrogen) atoms. The number of hydrogen-bond donors (Lipinski definition) is 2. The van der Waals surface area contributed by atoms with Crippen LogP contribution in [0, 0.1) is 0 Å². The number of aromatic amines is 2. The highest BCUT2D eigenvalue weighted by atomic mass is 19.4. The first-order chi connectivity index (χ1) is 50.1. The predicted octanol–water partition coefficient (Wildman–Crippen LogP) is 26.3. The fourth-order valence-electron chi connectivity index (χ4n) is 28.7. The summed E-state index contributed by atoms with van der Waals surface area (Å²) >= 11 is 0. The van der Waals surface area contributed by atoms with Gasteiger partial charge in [-0.3, -0.25) is 0 Å². The number of aromatic nitrogens is 4. The molecule has 0 amide bonds. The lowest BCUT2D eigenvalue weighted by atomic mass is 9.73. The normalized spacial score (nSPS) is 31.8. The quantitative estimate of drug-likeness (QED) is 0.173. The van der Waals surface area contributed by atoms with E-state index >= 15 is 52.7 Å². The van der Waals surface area contributed by atoms with Crippen molar-refractivity contribution in [3.63, 3.8) is 0 Å². The van der Waals surface area contributed by atoms with Crippen molar-refractivity contribution in [2.75, 3.05) is 0 Å². The van der Waals surface area contributed by atoms with Crippen LogP contribution >= 0.6 is 0 Å². The number of H-pyrrole nitrogens is 2. The maximum atomic E-state index is 16.5. The predicted molar refractivity (Wildman–Crippen MR) is 375 cm³/mol. The van der Waals surface area contributed by atoms with Crippen molar-refractivity contribution >= 4 is 46.4 Å². The molecule has 16 heteroatoms. The average molecular weight is 1420 g/mol. The second-order valence-corrected chi connectivity index (χ2v) is 35.8. The molecule has 0 unspecified atom stereocenters. The summed E-state index contributed by atoms with van der Waals surface area (Å²) in [6.07, 6.45) is 5.35. The minimum Gasteiger partial charge on any atom is -0.354 e. The Morgan fingerprint density at radius 2 is 0.375 bits per heavy atom. The van der Waals surface area contributed by atoms with Gasteiger partial charge in [0.25, 0.3) is 0 Å². The number of fused-ring (bicyclic) bond motifs is 48. The van der Waals surface area contributed by atoms with E-state index in [2.05, 4.69) is 9.97 Å². The van der Waals surface area contributed by atoms with Crippen LogP contribution in [0.15, 0.2) is 24.3 Å². The Kier molecular flexibility index (Phi) is 11.5. The van der Waals surface area contributed by atoms with Crippen LogP contribution in [0.3, 0.4) is 0 Å². The highest BCUT2D eigenvalue weighted by Crippen LogP contribution is 2.74. The average Bonchev–Trinajstić information content (AvgIpc) is 1.52. The summed E-state index contributed by atoms with van der Waals surface area (Å²) in [6.45, 7) is 0. The standard InChI is InChI=1S/C88H74F12N4/c89-85(90,91)81-65-41-9-1-33(25-41)57(65)77(58-34-2-10-42(26-34)66(58)81)73-49-17-19-51(101-49)74(78-59-35-3-11-43(27-35)67(59)82(86(92,93)94)68-44-12-4-36(28-44)60(68)78)53-21-23-55(103-53)76(80-63-39-7-15-47(31-39)71(63)84(88(98,99)100)72-48-16-8-40(32-48)64(72)80)56-24-22-54(104-56)75(52-20-18-50(73)102-52)79-61-37-5-13-45(29-37)69(61)83(87(95,96)97)70-46-14-6-38(30-46)62(70)79/h17-24,33-48,101-102H,1-16,25-32H2/t33-,34-,35-,36-,37-,38-,39-,40-,41+,42+,43+,44+,45+,46+,47+,48+/m0/s1. The Morgan fingerprint density at radius 3 is 0.577 bits per heavy atom. The van der Waals surface area contributed by atoms with Crippen molar-refractivity contribution in [3.05, 3.63) is 158 Å². The Bertz CT molecular complexity index is 5100. The van der Waals surface area contributed by atoms with Gasteiger partial charge in [0.15, 0.2) is 0 Å². The number of nitrogens with zero attached hydrogens (tertiary/aromatic N) is 2. The van der Waals surface area contributed by atoms with Crippen LogP contribution in [0.2, 0.25) is 0 Å². The van der Waals surface area contributed by atoms with Gasteiger partial charge in [-0.25, -0.2) is 9.97 Å². The Balaban J connectivity index is 0.884. The number of hydrogen-bond acceptors (Lipinski definition) is 2. The lowest BCUT2D eigenvalue weighted by Crippen LogP contribution is -2.20. The molecular weight excluding hydrogens is 1340 g/mol. The van der Waals surface area contributed by atoms with Gasteiger partial charge in [0.05, 0.1) is 45.0 Å². The number of alkyl halides is 12. The van der Waals surface area contributed by atoms with Crippen LogP contribution in [0.25, 0.3) is 90.9 Å². The Labute approximate surface area is 592 Å². The Hall–Kier alpha value is -7.36. The van der Waals surface area contributed by atoms with E-state index in [1.807, 2.05) is 48.6 Å². The number of benzene rings is 4. The van der Waals surface area contributed by atoms with E-state index < -0.39 is 47.0 Å². The first-order valence-corrected chi connectivity index (χ1v) is 39.5. The van der Waals surface area contributed by atoms with E-state index in [-0.39, 0.29) is 94.7 Å². The lowest BCUT2D eigenvalue weighted by molar-refractivity contribution is -0.140. The minimum absolute atomic E-state index is 0.148. The summed E-state index contributed by atoms with van der Waals surface area (Å²) in [5.41, 5.74) is 17.8. The summed E-state index contributed by atoms with van der Waals surface area (Å²) in [6, 6.07) is 8.11. The van der Waals surface area contributed by atoms with Gasteiger partial charge >= 0.3 is 24.7 Å². The van der Waals surface area contributed by atoms with Crippen molar-refractivity contribution in [3.8, 4) is 44.5 Å². The molecular formula is C88H74F12N4. The summed E-state index contributed by atoms with van der Waals surface area (Å²) in [5, 5.41) is 0. The molecule has 2 aliphatic heterocycles. The van der Waals surface area contributed by atoms with Crippen molar-refractivity contribution in [2.45, 2.75) is 273 Å². The van der Waals surface area contributed by atoms with Crippen molar-refractivity contribution < 1.29 is 52.7 Å². The van der Waals surface area contributed by atoms with Gasteiger partial charge in [0, 0.05) is 44.3 Å². The maximum Gasteiger partial charge on any atom is 0.416 e. The van der Waals surface area contributed by atoms with Gasteiger partial charge in [-0.05, 0) is 409 Å². The second-order valence-electron chi connectivity index (χ2n) is 35.8. The molecule has 3 aromatic heterocycles. The van der Waals surface area contributed by atoms with Crippen molar-refractivity contribution in [1.82, 2.24) is 19.9 Å². The third-order valence-electron chi connectivity index (χ3n) is 31.5. The summed E-state index contributed by atoms with van der Waals surface area (Å²) in [4.78, 5) is 19.9. The molecule has 8 saturated carbocycles. The van der Waals surface area contributed by atoms with E-state index in [0.29, 0.717) is 214 Å². The van der Waals surface area contributed by atoms with Crippen molar-refractivity contribution in [2.24, 2.45) is 0 Å². The largest absolute Gasteiger partial charge is 0.416 e. The molecule has 5 heterocycles. The van der Waals surface area contributed by atoms with Crippen LogP contribution in [0.1, 0.15) is 383 Å². The molecule has 7 aromatic rings. The van der Waals surface area contributed by atoms with Gasteiger partial charge in [0.2, 0.25) is 0 Å². The zero-order chi connectivity index (χ0) is 69.5. The van der Waals surface area contributed by atoms with Crippen LogP contribution in [-0.2, 0) is 24.7 Å². The molecule has 16 aliphatic carbocycles. The number of halogens is 12. The molecule has 8 fully saturated rings. The second kappa shape index (κ2) is 19.7. The van der Waals surface area contributed by atoms with Crippen LogP contribution < -0.4 is 0 Å². The van der Waals surface area contributed by atoms with E-state index in [4.69, 9.17) is 9.97 Å². The van der Waals surface area contributed by atoms with E-state index in [1.165, 1.54) is 0 Å². The summed E-state index contributed by atoms with van der Waals surface area (Å²) in [5.74, 6) is -3.56. The fraction of sp³-hybridized carbons (Fsp3) is 0.500. The maximum absolute atomic E-state index is 16.5. The molecule has 0 spiro atoms. The molecule has 0 saturated heterocycles. The molecule has 25 rings (SSSR count). The monoisotopic (exact) mass is 1410 g/mol. The third kappa shape index (κ3) is 7.50. The molecule has 4 aromatic carbocycles. The zero-order valence-electron chi connectivity index (χ0n) is 57.3. The third-order valence-corrected chi connectivity index (χ3v) is 31.5. The highest BCUT2D eigenvalue weighted by molar-refractivity contribution is 6.05. The summed E-state index contributed by atoms with van der Waals surface area (Å²) in [7, 11) is 0. The van der Waals surface area contributed by atoms with Gasteiger partial charge in [-0.1, -0.05) is 0 Å². The van der Waals surface area contributed by atoms with Gasteiger partial charge in [-0.2, -0.15) is 52.7 Å². The fourth-order valence-corrected chi connectivity index (χ4v) is 28.7. The first-order valence-electron chi connectivity index (χ1n) is 39.5. The lowest BCUT2D eigenvalue weighted by Gasteiger charge is -2.32. The Morgan fingerprint density at radius 1 is 0.212 bits per heavy atom. The number of nitrogens with one attached hydrogen (secondary N) is 2. The highest BCUT2D eigenvalue weighted by Gasteiger charge is 2.60. The molecule has 530 valence electrons.